The third-order valence-corrected chi connectivity index (χ3v) is 4.16. The van der Waals surface area contributed by atoms with E-state index in [9.17, 15) is 9.59 Å². The molecule has 4 rings (SSSR count). The molecule has 3 aromatic heterocycles. The molecule has 0 fully saturated rings. The summed E-state index contributed by atoms with van der Waals surface area (Å²) in [5.41, 5.74) is 7.70. The number of para-hydroxylation sites is 1. The minimum atomic E-state index is -0.547. The molecule has 0 aliphatic carbocycles. The van der Waals surface area contributed by atoms with Crippen molar-refractivity contribution in [2.24, 2.45) is 0 Å². The molecule has 0 bridgehead atoms. The standard InChI is InChI=1S/C22H17N5O3/c28-20(24-25-22(29)19-9-5-13-30-19)11-10-17-15-27(18-7-2-1-3-8-18)26-21(17)16-6-4-12-23-14-16/h1-15H,(H,24,28)(H,25,29)/b11-10+. The quantitative estimate of drug-likeness (QED) is 0.397. The van der Waals surface area contributed by atoms with Crippen LogP contribution in [0.1, 0.15) is 16.1 Å². The zero-order valence-electron chi connectivity index (χ0n) is 15.7. The average Bonchev–Trinajstić information content (AvgIpc) is 3.48. The lowest BCUT2D eigenvalue weighted by atomic mass is 10.1. The summed E-state index contributed by atoms with van der Waals surface area (Å²) in [5.74, 6) is -0.948. The predicted octanol–water partition coefficient (Wildman–Crippen LogP) is 3.00. The highest BCUT2D eigenvalue weighted by atomic mass is 16.3. The van der Waals surface area contributed by atoms with Crippen LogP contribution >= 0.6 is 0 Å². The van der Waals surface area contributed by atoms with Crippen LogP contribution in [0.25, 0.3) is 23.0 Å². The van der Waals surface area contributed by atoms with Gasteiger partial charge in [-0.3, -0.25) is 25.4 Å². The minimum absolute atomic E-state index is 0.0993. The maximum absolute atomic E-state index is 12.1. The fourth-order valence-corrected chi connectivity index (χ4v) is 2.74. The molecule has 2 N–H and O–H groups in total. The second kappa shape index (κ2) is 8.70. The summed E-state index contributed by atoms with van der Waals surface area (Å²) >= 11 is 0. The number of rotatable bonds is 5. The number of carbonyl (C=O) groups is 2. The van der Waals surface area contributed by atoms with Crippen LogP contribution in [-0.2, 0) is 4.79 Å². The lowest BCUT2D eigenvalue weighted by Crippen LogP contribution is -2.40. The molecular weight excluding hydrogens is 382 g/mol. The van der Waals surface area contributed by atoms with Crippen LogP contribution in [0.3, 0.4) is 0 Å². The lowest BCUT2D eigenvalue weighted by Gasteiger charge is -2.02. The molecule has 0 radical (unpaired) electrons. The van der Waals surface area contributed by atoms with Gasteiger partial charge in [-0.25, -0.2) is 4.68 Å². The van der Waals surface area contributed by atoms with Crippen LogP contribution in [0, 0.1) is 0 Å². The Labute approximate surface area is 171 Å². The molecule has 3 heterocycles. The van der Waals surface area contributed by atoms with E-state index in [4.69, 9.17) is 4.42 Å². The molecule has 0 aliphatic heterocycles. The van der Waals surface area contributed by atoms with Crippen molar-refractivity contribution in [3.05, 3.63) is 96.9 Å². The van der Waals surface area contributed by atoms with Crippen LogP contribution in [0.5, 0.6) is 0 Å². The minimum Gasteiger partial charge on any atom is -0.459 e. The van der Waals surface area contributed by atoms with Crippen LogP contribution in [0.2, 0.25) is 0 Å². The Balaban J connectivity index is 1.54. The number of amides is 2. The van der Waals surface area contributed by atoms with E-state index in [1.54, 1.807) is 29.2 Å². The highest BCUT2D eigenvalue weighted by Crippen LogP contribution is 2.24. The van der Waals surface area contributed by atoms with Crippen LogP contribution in [-0.4, -0.2) is 26.6 Å². The zero-order valence-corrected chi connectivity index (χ0v) is 15.7. The summed E-state index contributed by atoms with van der Waals surface area (Å²) < 4.78 is 6.70. The Morgan fingerprint density at radius 1 is 1.00 bits per heavy atom. The first-order valence-electron chi connectivity index (χ1n) is 9.08. The van der Waals surface area contributed by atoms with Crippen molar-refractivity contribution in [3.8, 4) is 16.9 Å². The number of furan rings is 1. The summed E-state index contributed by atoms with van der Waals surface area (Å²) in [4.78, 5) is 28.1. The van der Waals surface area contributed by atoms with Gasteiger partial charge in [0.15, 0.2) is 5.76 Å². The topological polar surface area (TPSA) is 102 Å². The third kappa shape index (κ3) is 4.33. The van der Waals surface area contributed by atoms with Gasteiger partial charge in [-0.15, -0.1) is 0 Å². The summed E-state index contributed by atoms with van der Waals surface area (Å²) in [7, 11) is 0. The molecule has 148 valence electrons. The number of carbonyl (C=O) groups excluding carboxylic acids is 2. The lowest BCUT2D eigenvalue weighted by molar-refractivity contribution is -0.117. The number of nitrogens with zero attached hydrogens (tertiary/aromatic N) is 3. The first-order chi connectivity index (χ1) is 14.7. The van der Waals surface area contributed by atoms with Crippen molar-refractivity contribution in [2.45, 2.75) is 0 Å². The Morgan fingerprint density at radius 3 is 2.60 bits per heavy atom. The van der Waals surface area contributed by atoms with Crippen molar-refractivity contribution >= 4 is 17.9 Å². The first kappa shape index (κ1) is 18.9. The molecule has 0 saturated carbocycles. The zero-order chi connectivity index (χ0) is 20.8. The largest absolute Gasteiger partial charge is 0.459 e. The molecule has 0 unspecified atom stereocenters. The number of benzene rings is 1. The van der Waals surface area contributed by atoms with E-state index < -0.39 is 11.8 Å². The third-order valence-electron chi connectivity index (χ3n) is 4.16. The molecule has 0 atom stereocenters. The smallest absolute Gasteiger partial charge is 0.305 e. The Bertz CT molecular complexity index is 1170. The van der Waals surface area contributed by atoms with Gasteiger partial charge in [-0.1, -0.05) is 18.2 Å². The molecular formula is C22H17N5O3. The van der Waals surface area contributed by atoms with E-state index in [2.05, 4.69) is 20.9 Å². The Kier molecular flexibility index (Phi) is 5.47. The van der Waals surface area contributed by atoms with Gasteiger partial charge in [0, 0.05) is 35.8 Å². The van der Waals surface area contributed by atoms with Crippen molar-refractivity contribution < 1.29 is 14.0 Å². The van der Waals surface area contributed by atoms with Gasteiger partial charge < -0.3 is 4.42 Å². The Morgan fingerprint density at radius 2 is 1.87 bits per heavy atom. The molecule has 8 heteroatoms. The van der Waals surface area contributed by atoms with Gasteiger partial charge in [0.05, 0.1) is 12.0 Å². The highest BCUT2D eigenvalue weighted by molar-refractivity contribution is 5.96. The number of hydrogen-bond donors (Lipinski definition) is 2. The summed E-state index contributed by atoms with van der Waals surface area (Å²) in [6.07, 6.45) is 9.53. The van der Waals surface area contributed by atoms with Crippen molar-refractivity contribution in [2.75, 3.05) is 0 Å². The van der Waals surface area contributed by atoms with Crippen LogP contribution < -0.4 is 10.9 Å². The fourth-order valence-electron chi connectivity index (χ4n) is 2.74. The van der Waals surface area contributed by atoms with Gasteiger partial charge >= 0.3 is 5.91 Å². The molecule has 0 saturated heterocycles. The monoisotopic (exact) mass is 399 g/mol. The number of nitrogens with one attached hydrogen (secondary N) is 2. The number of hydrogen-bond acceptors (Lipinski definition) is 5. The van der Waals surface area contributed by atoms with E-state index in [0.717, 1.165) is 16.8 Å². The Hall–Kier alpha value is -4.46. The van der Waals surface area contributed by atoms with E-state index in [1.807, 2.05) is 48.7 Å². The van der Waals surface area contributed by atoms with Crippen LogP contribution in [0.4, 0.5) is 0 Å². The first-order valence-corrected chi connectivity index (χ1v) is 9.08. The predicted molar refractivity (Wildman–Crippen MR) is 110 cm³/mol. The summed E-state index contributed by atoms with van der Waals surface area (Å²) in [5, 5.41) is 4.65. The van der Waals surface area contributed by atoms with Gasteiger partial charge in [-0.05, 0) is 42.5 Å². The normalized spacial score (nSPS) is 10.8. The molecule has 8 nitrogen and oxygen atoms in total. The van der Waals surface area contributed by atoms with Crippen molar-refractivity contribution in [1.29, 1.82) is 0 Å². The van der Waals surface area contributed by atoms with Gasteiger partial charge in [-0.2, -0.15) is 5.10 Å². The SMILES string of the molecule is O=C(/C=C/c1cn(-c2ccccc2)nc1-c1cccnc1)NNC(=O)c1ccco1. The molecule has 0 aliphatic rings. The van der Waals surface area contributed by atoms with E-state index in [1.165, 1.54) is 18.4 Å². The number of pyridine rings is 1. The fraction of sp³-hybridized carbons (Fsp3) is 0. The molecule has 1 aromatic carbocycles. The van der Waals surface area contributed by atoms with Crippen molar-refractivity contribution in [3.63, 3.8) is 0 Å². The molecule has 2 amide bonds. The van der Waals surface area contributed by atoms with E-state index >= 15 is 0 Å². The van der Waals surface area contributed by atoms with Gasteiger partial charge in [0.25, 0.3) is 5.91 Å². The van der Waals surface area contributed by atoms with Crippen LogP contribution in [0.15, 0.2) is 89.9 Å². The maximum Gasteiger partial charge on any atom is 0.305 e. The number of hydrazine groups is 1. The molecule has 4 aromatic rings. The second-order valence-corrected chi connectivity index (χ2v) is 6.21. The molecule has 0 spiro atoms. The van der Waals surface area contributed by atoms with Gasteiger partial charge in [0.2, 0.25) is 0 Å². The summed E-state index contributed by atoms with van der Waals surface area (Å²) in [6.45, 7) is 0. The second-order valence-electron chi connectivity index (χ2n) is 6.21. The van der Waals surface area contributed by atoms with Gasteiger partial charge in [0.1, 0.15) is 5.69 Å². The highest BCUT2D eigenvalue weighted by Gasteiger charge is 2.12. The maximum atomic E-state index is 12.1. The average molecular weight is 399 g/mol. The summed E-state index contributed by atoms with van der Waals surface area (Å²) in [6, 6.07) is 16.4. The van der Waals surface area contributed by atoms with Crippen molar-refractivity contribution in [1.82, 2.24) is 25.6 Å². The number of aromatic nitrogens is 3. The molecule has 30 heavy (non-hydrogen) atoms. The van der Waals surface area contributed by atoms with E-state index in [-0.39, 0.29) is 5.76 Å². The van der Waals surface area contributed by atoms with E-state index in [0.29, 0.717) is 5.69 Å².